The van der Waals surface area contributed by atoms with Crippen molar-refractivity contribution in [3.63, 3.8) is 0 Å². The van der Waals surface area contributed by atoms with Crippen LogP contribution in [0, 0.1) is 10.1 Å². The molecule has 0 bridgehead atoms. The van der Waals surface area contributed by atoms with Crippen LogP contribution in [0.1, 0.15) is 12.5 Å². The SMILES string of the molecule is CC(CO)(CO)NCc1csc([N+](=O)[O-])c1. The Kier molecular flexibility index (Phi) is 4.36. The Morgan fingerprint density at radius 2 is 2.19 bits per heavy atom. The van der Waals surface area contributed by atoms with Gasteiger partial charge in [0.2, 0.25) is 0 Å². The Bertz CT molecular complexity index is 362. The van der Waals surface area contributed by atoms with Crippen molar-refractivity contribution in [1.29, 1.82) is 0 Å². The zero-order chi connectivity index (χ0) is 12.2. The second kappa shape index (κ2) is 5.35. The first-order valence-electron chi connectivity index (χ1n) is 4.69. The fourth-order valence-electron chi connectivity index (χ4n) is 1.03. The van der Waals surface area contributed by atoms with Gasteiger partial charge in [-0.15, -0.1) is 0 Å². The first-order valence-corrected chi connectivity index (χ1v) is 5.57. The maximum Gasteiger partial charge on any atom is 0.324 e. The van der Waals surface area contributed by atoms with Crippen LogP contribution in [0.25, 0.3) is 0 Å². The van der Waals surface area contributed by atoms with E-state index in [1.807, 2.05) is 0 Å². The molecule has 0 unspecified atom stereocenters. The summed E-state index contributed by atoms with van der Waals surface area (Å²) in [6, 6.07) is 1.48. The average Bonchev–Trinajstić information content (AvgIpc) is 2.75. The molecule has 0 saturated carbocycles. The van der Waals surface area contributed by atoms with Crippen molar-refractivity contribution in [1.82, 2.24) is 5.32 Å². The normalized spacial score (nSPS) is 11.7. The van der Waals surface area contributed by atoms with Gasteiger partial charge in [0.15, 0.2) is 0 Å². The monoisotopic (exact) mass is 246 g/mol. The molecule has 0 saturated heterocycles. The van der Waals surface area contributed by atoms with E-state index in [0.29, 0.717) is 6.54 Å². The lowest BCUT2D eigenvalue weighted by atomic mass is 10.1. The van der Waals surface area contributed by atoms with Gasteiger partial charge >= 0.3 is 5.00 Å². The van der Waals surface area contributed by atoms with E-state index < -0.39 is 10.5 Å². The zero-order valence-corrected chi connectivity index (χ0v) is 9.66. The molecule has 3 N–H and O–H groups in total. The molecule has 6 nitrogen and oxygen atoms in total. The van der Waals surface area contributed by atoms with Crippen LogP contribution in [0.2, 0.25) is 0 Å². The van der Waals surface area contributed by atoms with Gasteiger partial charge in [-0.25, -0.2) is 0 Å². The van der Waals surface area contributed by atoms with E-state index in [1.165, 1.54) is 6.07 Å². The average molecular weight is 246 g/mol. The third kappa shape index (κ3) is 3.24. The summed E-state index contributed by atoms with van der Waals surface area (Å²) in [5.74, 6) is 0. The lowest BCUT2D eigenvalue weighted by Gasteiger charge is -2.25. The Labute approximate surface area is 96.7 Å². The van der Waals surface area contributed by atoms with Gasteiger partial charge in [-0.2, -0.15) is 0 Å². The minimum atomic E-state index is -0.767. The van der Waals surface area contributed by atoms with Gasteiger partial charge < -0.3 is 15.5 Å². The van der Waals surface area contributed by atoms with Crippen molar-refractivity contribution in [2.24, 2.45) is 0 Å². The van der Waals surface area contributed by atoms with Crippen LogP contribution >= 0.6 is 11.3 Å². The summed E-state index contributed by atoms with van der Waals surface area (Å²) in [6.07, 6.45) is 0. The summed E-state index contributed by atoms with van der Waals surface area (Å²) in [6.45, 7) is 1.65. The summed E-state index contributed by atoms with van der Waals surface area (Å²) in [7, 11) is 0. The van der Waals surface area contributed by atoms with Gasteiger partial charge in [-0.1, -0.05) is 11.3 Å². The van der Waals surface area contributed by atoms with Gasteiger partial charge in [0.25, 0.3) is 0 Å². The Morgan fingerprint density at radius 3 is 2.62 bits per heavy atom. The van der Waals surface area contributed by atoms with Crippen LogP contribution in [0.3, 0.4) is 0 Å². The van der Waals surface area contributed by atoms with Crippen molar-refractivity contribution in [3.8, 4) is 0 Å². The highest BCUT2D eigenvalue weighted by molar-refractivity contribution is 7.13. The summed E-state index contributed by atoms with van der Waals surface area (Å²) >= 11 is 1.06. The summed E-state index contributed by atoms with van der Waals surface area (Å²) < 4.78 is 0. The second-order valence-electron chi connectivity index (χ2n) is 3.78. The standard InChI is InChI=1S/C9H14N2O4S/c1-9(5-12,6-13)10-3-7-2-8(11(14)15)16-4-7/h2,4,10,12-13H,3,5-6H2,1H3. The fourth-order valence-corrected chi connectivity index (χ4v) is 1.76. The van der Waals surface area contributed by atoms with E-state index in [2.05, 4.69) is 5.32 Å². The van der Waals surface area contributed by atoms with Crippen LogP contribution in [-0.4, -0.2) is 33.9 Å². The molecule has 0 fully saturated rings. The van der Waals surface area contributed by atoms with Crippen molar-refractivity contribution in [2.45, 2.75) is 19.0 Å². The van der Waals surface area contributed by atoms with Gasteiger partial charge in [0.05, 0.1) is 23.7 Å². The molecule has 0 aromatic carbocycles. The largest absolute Gasteiger partial charge is 0.394 e. The minimum absolute atomic E-state index is 0.0894. The first kappa shape index (κ1) is 13.0. The van der Waals surface area contributed by atoms with Crippen molar-refractivity contribution in [3.05, 3.63) is 27.1 Å². The molecule has 0 aliphatic heterocycles. The molecule has 1 aromatic heterocycles. The topological polar surface area (TPSA) is 95.6 Å². The number of rotatable bonds is 6. The maximum absolute atomic E-state index is 10.4. The number of hydrogen-bond acceptors (Lipinski definition) is 6. The quantitative estimate of drug-likeness (QED) is 0.501. The molecule has 1 aromatic rings. The summed E-state index contributed by atoms with van der Waals surface area (Å²) in [5, 5.41) is 33.2. The molecule has 0 radical (unpaired) electrons. The third-order valence-electron chi connectivity index (χ3n) is 2.24. The van der Waals surface area contributed by atoms with E-state index in [1.54, 1.807) is 12.3 Å². The molecular formula is C9H14N2O4S. The molecule has 0 aliphatic rings. The first-order chi connectivity index (χ1) is 7.50. The van der Waals surface area contributed by atoms with E-state index >= 15 is 0 Å². The van der Waals surface area contributed by atoms with Crippen LogP contribution in [-0.2, 0) is 6.54 Å². The smallest absolute Gasteiger partial charge is 0.324 e. The Balaban J connectivity index is 2.57. The molecule has 16 heavy (non-hydrogen) atoms. The molecule has 0 spiro atoms. The van der Waals surface area contributed by atoms with E-state index in [0.717, 1.165) is 16.9 Å². The molecule has 7 heteroatoms. The molecule has 0 amide bonds. The van der Waals surface area contributed by atoms with Gasteiger partial charge in [0, 0.05) is 18.0 Å². The van der Waals surface area contributed by atoms with Crippen molar-refractivity contribution in [2.75, 3.05) is 13.2 Å². The van der Waals surface area contributed by atoms with Gasteiger partial charge in [-0.05, 0) is 12.5 Å². The molecule has 1 heterocycles. The Morgan fingerprint density at radius 1 is 1.56 bits per heavy atom. The van der Waals surface area contributed by atoms with Crippen LogP contribution in [0.15, 0.2) is 11.4 Å². The lowest BCUT2D eigenvalue weighted by molar-refractivity contribution is -0.380. The molecule has 0 aliphatic carbocycles. The minimum Gasteiger partial charge on any atom is -0.394 e. The number of nitro groups is 1. The number of nitrogens with one attached hydrogen (secondary N) is 1. The second-order valence-corrected chi connectivity index (χ2v) is 4.67. The van der Waals surface area contributed by atoms with Crippen LogP contribution in [0.4, 0.5) is 5.00 Å². The predicted molar refractivity (Wildman–Crippen MR) is 60.4 cm³/mol. The zero-order valence-electron chi connectivity index (χ0n) is 8.84. The Hall–Kier alpha value is -1.02. The van der Waals surface area contributed by atoms with Crippen molar-refractivity contribution >= 4 is 16.3 Å². The lowest BCUT2D eigenvalue weighted by Crippen LogP contribution is -2.48. The van der Waals surface area contributed by atoms with E-state index in [9.17, 15) is 10.1 Å². The molecule has 90 valence electrons. The molecule has 1 rings (SSSR count). The van der Waals surface area contributed by atoms with E-state index in [-0.39, 0.29) is 18.2 Å². The molecule has 0 atom stereocenters. The molecular weight excluding hydrogens is 232 g/mol. The highest BCUT2D eigenvalue weighted by Gasteiger charge is 2.21. The number of aliphatic hydroxyl groups excluding tert-OH is 2. The van der Waals surface area contributed by atoms with Crippen LogP contribution < -0.4 is 5.32 Å². The van der Waals surface area contributed by atoms with Gasteiger partial charge in [-0.3, -0.25) is 10.1 Å². The van der Waals surface area contributed by atoms with Gasteiger partial charge in [0.1, 0.15) is 0 Å². The highest BCUT2D eigenvalue weighted by Crippen LogP contribution is 2.22. The van der Waals surface area contributed by atoms with Crippen molar-refractivity contribution < 1.29 is 15.1 Å². The highest BCUT2D eigenvalue weighted by atomic mass is 32.1. The summed E-state index contributed by atoms with van der Waals surface area (Å²) in [4.78, 5) is 10.0. The maximum atomic E-state index is 10.4. The third-order valence-corrected chi connectivity index (χ3v) is 3.17. The number of nitrogens with zero attached hydrogens (tertiary/aromatic N) is 1. The summed E-state index contributed by atoms with van der Waals surface area (Å²) in [5.41, 5.74) is 0.00121. The predicted octanol–water partition coefficient (Wildman–Crippen LogP) is 0.489. The number of thiophene rings is 1. The number of aliphatic hydroxyl groups is 2. The van der Waals surface area contributed by atoms with E-state index in [4.69, 9.17) is 10.2 Å². The fraction of sp³-hybridized carbons (Fsp3) is 0.556. The van der Waals surface area contributed by atoms with Crippen LogP contribution in [0.5, 0.6) is 0 Å². The number of hydrogen-bond donors (Lipinski definition) is 3.